The average molecular weight is 218 g/mol. The van der Waals surface area contributed by atoms with Crippen LogP contribution in [-0.4, -0.2) is 37.4 Å². The van der Waals surface area contributed by atoms with Crippen LogP contribution in [0.4, 0.5) is 0 Å². The molecule has 0 saturated carbocycles. The smallest absolute Gasteiger partial charge is 0.0704 e. The molecule has 0 aliphatic carbocycles. The van der Waals surface area contributed by atoms with Crippen LogP contribution in [0.5, 0.6) is 0 Å². The molecule has 3 heteroatoms. The zero-order chi connectivity index (χ0) is 10.6. The van der Waals surface area contributed by atoms with Crippen LogP contribution in [0.3, 0.4) is 0 Å². The highest BCUT2D eigenvalue weighted by Crippen LogP contribution is 1.99. The van der Waals surface area contributed by atoms with E-state index in [2.05, 4.69) is 20.4 Å². The molecular weight excluding hydrogens is 196 g/mol. The lowest BCUT2D eigenvalue weighted by Gasteiger charge is -2.10. The molecule has 0 aliphatic heterocycles. The third kappa shape index (κ3) is 10.1. The van der Waals surface area contributed by atoms with Crippen LogP contribution < -0.4 is 0 Å². The zero-order valence-corrected chi connectivity index (χ0v) is 10.1. The Morgan fingerprint density at radius 3 is 2.79 bits per heavy atom. The van der Waals surface area contributed by atoms with Crippen molar-refractivity contribution in [2.45, 2.75) is 26.4 Å². The first-order valence-electron chi connectivity index (χ1n) is 5.19. The summed E-state index contributed by atoms with van der Waals surface area (Å²) in [5, 5.41) is 0. The fourth-order valence-corrected chi connectivity index (χ4v) is 1.38. The average Bonchev–Trinajstić information content (AvgIpc) is 2.21. The Balaban J connectivity index is 2.95. The molecule has 2 nitrogen and oxygen atoms in total. The minimum absolute atomic E-state index is 0.355. The summed E-state index contributed by atoms with van der Waals surface area (Å²) in [5.74, 6) is 2.04. The standard InChI is InChI=1S/C11H22O2S/c1-4-9-14-10-8-12-6-7-13-11(3)5-2/h4,11H,1,5-10H2,2-3H3. The quantitative estimate of drug-likeness (QED) is 0.415. The van der Waals surface area contributed by atoms with Gasteiger partial charge in [-0.3, -0.25) is 0 Å². The van der Waals surface area contributed by atoms with E-state index >= 15 is 0 Å². The maximum Gasteiger partial charge on any atom is 0.0704 e. The Bertz CT molecular complexity index is 128. The lowest BCUT2D eigenvalue weighted by Crippen LogP contribution is -2.12. The van der Waals surface area contributed by atoms with Crippen LogP contribution in [0.25, 0.3) is 0 Å². The van der Waals surface area contributed by atoms with Crippen molar-refractivity contribution in [3.8, 4) is 0 Å². The van der Waals surface area contributed by atoms with E-state index in [4.69, 9.17) is 9.47 Å². The fourth-order valence-electron chi connectivity index (χ4n) is 0.813. The maximum absolute atomic E-state index is 5.47. The van der Waals surface area contributed by atoms with E-state index < -0.39 is 0 Å². The molecule has 1 atom stereocenters. The van der Waals surface area contributed by atoms with E-state index in [0.717, 1.165) is 24.5 Å². The molecule has 0 amide bonds. The second kappa shape index (κ2) is 11.1. The third-order valence-corrected chi connectivity index (χ3v) is 2.74. The molecule has 0 aliphatic rings. The second-order valence-electron chi connectivity index (χ2n) is 3.07. The molecule has 0 N–H and O–H groups in total. The van der Waals surface area contributed by atoms with E-state index in [1.165, 1.54) is 0 Å². The number of rotatable bonds is 10. The summed E-state index contributed by atoms with van der Waals surface area (Å²) in [6, 6.07) is 0. The Morgan fingerprint density at radius 2 is 2.14 bits per heavy atom. The van der Waals surface area contributed by atoms with Crippen molar-refractivity contribution in [2.75, 3.05) is 31.3 Å². The summed E-state index contributed by atoms with van der Waals surface area (Å²) in [5.41, 5.74) is 0. The van der Waals surface area contributed by atoms with Gasteiger partial charge in [0.05, 0.1) is 25.9 Å². The highest BCUT2D eigenvalue weighted by Gasteiger charge is 1.96. The van der Waals surface area contributed by atoms with Gasteiger partial charge in [-0.15, -0.1) is 6.58 Å². The lowest BCUT2D eigenvalue weighted by atomic mass is 10.3. The van der Waals surface area contributed by atoms with Gasteiger partial charge in [-0.2, -0.15) is 11.8 Å². The van der Waals surface area contributed by atoms with Gasteiger partial charge < -0.3 is 9.47 Å². The highest BCUT2D eigenvalue weighted by atomic mass is 32.2. The minimum Gasteiger partial charge on any atom is -0.378 e. The summed E-state index contributed by atoms with van der Waals surface area (Å²) in [6.07, 6.45) is 3.33. The van der Waals surface area contributed by atoms with Gasteiger partial charge in [-0.1, -0.05) is 13.0 Å². The highest BCUT2D eigenvalue weighted by molar-refractivity contribution is 7.99. The van der Waals surface area contributed by atoms with Crippen LogP contribution in [-0.2, 0) is 9.47 Å². The minimum atomic E-state index is 0.355. The summed E-state index contributed by atoms with van der Waals surface area (Å²) in [6.45, 7) is 10.1. The van der Waals surface area contributed by atoms with Crippen molar-refractivity contribution >= 4 is 11.8 Å². The molecule has 0 radical (unpaired) electrons. The predicted octanol–water partition coefficient (Wildman–Crippen LogP) is 2.74. The van der Waals surface area contributed by atoms with Crippen molar-refractivity contribution in [3.63, 3.8) is 0 Å². The SMILES string of the molecule is C=CCSCCOCCOC(C)CC. The van der Waals surface area contributed by atoms with Gasteiger partial charge in [0.15, 0.2) is 0 Å². The van der Waals surface area contributed by atoms with Gasteiger partial charge in [0.1, 0.15) is 0 Å². The summed E-state index contributed by atoms with van der Waals surface area (Å²) in [7, 11) is 0. The van der Waals surface area contributed by atoms with Crippen molar-refractivity contribution in [2.24, 2.45) is 0 Å². The maximum atomic E-state index is 5.47. The van der Waals surface area contributed by atoms with Gasteiger partial charge in [0.25, 0.3) is 0 Å². The summed E-state index contributed by atoms with van der Waals surface area (Å²) in [4.78, 5) is 0. The molecule has 1 unspecified atom stereocenters. The molecule has 0 rings (SSSR count). The largest absolute Gasteiger partial charge is 0.378 e. The number of hydrogen-bond donors (Lipinski definition) is 0. The third-order valence-electron chi connectivity index (χ3n) is 1.81. The van der Waals surface area contributed by atoms with Crippen molar-refractivity contribution in [1.82, 2.24) is 0 Å². The molecule has 0 aromatic rings. The molecule has 0 spiro atoms. The molecule has 0 fully saturated rings. The second-order valence-corrected chi connectivity index (χ2v) is 4.22. The molecule has 0 heterocycles. The van der Waals surface area contributed by atoms with Gasteiger partial charge in [0.2, 0.25) is 0 Å². The normalized spacial score (nSPS) is 12.7. The summed E-state index contributed by atoms with van der Waals surface area (Å²) >= 11 is 1.84. The zero-order valence-electron chi connectivity index (χ0n) is 9.33. The lowest BCUT2D eigenvalue weighted by molar-refractivity contribution is 0.0148. The Morgan fingerprint density at radius 1 is 1.36 bits per heavy atom. The summed E-state index contributed by atoms with van der Waals surface area (Å²) < 4.78 is 10.9. The fraction of sp³-hybridized carbons (Fsp3) is 0.818. The molecule has 0 aromatic carbocycles. The van der Waals surface area contributed by atoms with Gasteiger partial charge in [0, 0.05) is 11.5 Å². The van der Waals surface area contributed by atoms with E-state index in [9.17, 15) is 0 Å². The molecule has 14 heavy (non-hydrogen) atoms. The van der Waals surface area contributed by atoms with E-state index in [0.29, 0.717) is 19.3 Å². The molecule has 0 aromatic heterocycles. The predicted molar refractivity (Wildman–Crippen MR) is 64.0 cm³/mol. The van der Waals surface area contributed by atoms with Crippen LogP contribution in [0.2, 0.25) is 0 Å². The Labute approximate surface area is 92.0 Å². The topological polar surface area (TPSA) is 18.5 Å². The Hall–Kier alpha value is 0.01000. The number of thioether (sulfide) groups is 1. The first-order valence-corrected chi connectivity index (χ1v) is 6.34. The van der Waals surface area contributed by atoms with Crippen molar-refractivity contribution in [1.29, 1.82) is 0 Å². The van der Waals surface area contributed by atoms with Gasteiger partial charge in [-0.25, -0.2) is 0 Å². The monoisotopic (exact) mass is 218 g/mol. The molecular formula is C11H22O2S. The number of hydrogen-bond acceptors (Lipinski definition) is 3. The van der Waals surface area contributed by atoms with Gasteiger partial charge in [-0.05, 0) is 13.3 Å². The van der Waals surface area contributed by atoms with Crippen LogP contribution >= 0.6 is 11.8 Å². The Kier molecular flexibility index (Phi) is 11.1. The van der Waals surface area contributed by atoms with Crippen molar-refractivity contribution in [3.05, 3.63) is 12.7 Å². The molecule has 84 valence electrons. The number of ether oxygens (including phenoxy) is 2. The van der Waals surface area contributed by atoms with Crippen LogP contribution in [0.1, 0.15) is 20.3 Å². The van der Waals surface area contributed by atoms with E-state index in [1.807, 2.05) is 17.8 Å². The molecule has 0 bridgehead atoms. The van der Waals surface area contributed by atoms with E-state index in [1.54, 1.807) is 0 Å². The van der Waals surface area contributed by atoms with E-state index in [-0.39, 0.29) is 0 Å². The molecule has 0 saturated heterocycles. The van der Waals surface area contributed by atoms with Gasteiger partial charge >= 0.3 is 0 Å². The van der Waals surface area contributed by atoms with Crippen molar-refractivity contribution < 1.29 is 9.47 Å². The first kappa shape index (κ1) is 14.0. The van der Waals surface area contributed by atoms with Crippen LogP contribution in [0, 0.1) is 0 Å². The first-order chi connectivity index (χ1) is 6.81. The van der Waals surface area contributed by atoms with Crippen LogP contribution in [0.15, 0.2) is 12.7 Å².